The van der Waals surface area contributed by atoms with Gasteiger partial charge < -0.3 is 5.32 Å². The molecule has 1 aliphatic rings. The van der Waals surface area contributed by atoms with Crippen LogP contribution in [0.25, 0.3) is 0 Å². The minimum atomic E-state index is 0.672. The Hall–Kier alpha value is 0.140. The molecular weight excluding hydrogens is 306 g/mol. The number of halogens is 2. The summed E-state index contributed by atoms with van der Waals surface area (Å²) in [5.41, 5.74) is 1.43. The van der Waals surface area contributed by atoms with E-state index in [1.165, 1.54) is 29.4 Å². The highest BCUT2D eigenvalue weighted by Gasteiger charge is 2.17. The smallest absolute Gasteiger partial charge is 0.0221 e. The van der Waals surface area contributed by atoms with E-state index in [0.29, 0.717) is 5.92 Å². The maximum absolute atomic E-state index is 3.62. The first kappa shape index (κ1) is 10.7. The molecule has 0 saturated carbocycles. The van der Waals surface area contributed by atoms with Crippen molar-refractivity contribution >= 4 is 31.9 Å². The number of hydrogen-bond acceptors (Lipinski definition) is 1. The predicted octanol–water partition coefficient (Wildman–Crippen LogP) is 3.68. The van der Waals surface area contributed by atoms with Crippen molar-refractivity contribution in [3.8, 4) is 0 Å². The molecule has 1 nitrogen and oxygen atoms in total. The van der Waals surface area contributed by atoms with Gasteiger partial charge in [0.15, 0.2) is 0 Å². The first-order valence-electron chi connectivity index (χ1n) is 4.93. The Kier molecular flexibility index (Phi) is 3.63. The summed E-state index contributed by atoms with van der Waals surface area (Å²) in [5, 5.41) is 3.44. The molecule has 0 unspecified atom stereocenters. The summed E-state index contributed by atoms with van der Waals surface area (Å²) in [7, 11) is 0. The van der Waals surface area contributed by atoms with Crippen LogP contribution in [-0.2, 0) is 0 Å². The van der Waals surface area contributed by atoms with Gasteiger partial charge in [-0.05, 0) is 43.0 Å². The lowest BCUT2D eigenvalue weighted by Gasteiger charge is -2.24. The SMILES string of the molecule is Brc1ccc([C@H]2CCCNC2)c(Br)c1. The van der Waals surface area contributed by atoms with Crippen LogP contribution in [0, 0.1) is 0 Å². The van der Waals surface area contributed by atoms with Crippen LogP contribution in [0.4, 0.5) is 0 Å². The number of benzene rings is 1. The molecule has 1 aromatic carbocycles. The zero-order chi connectivity index (χ0) is 9.97. The van der Waals surface area contributed by atoms with Gasteiger partial charge in [-0.25, -0.2) is 0 Å². The average molecular weight is 319 g/mol. The van der Waals surface area contributed by atoms with Crippen molar-refractivity contribution in [2.45, 2.75) is 18.8 Å². The number of nitrogens with one attached hydrogen (secondary N) is 1. The maximum Gasteiger partial charge on any atom is 0.0221 e. The highest BCUT2D eigenvalue weighted by atomic mass is 79.9. The Labute approximate surface area is 102 Å². The molecule has 1 heterocycles. The molecule has 0 bridgehead atoms. The van der Waals surface area contributed by atoms with Gasteiger partial charge in [-0.1, -0.05) is 37.9 Å². The summed E-state index contributed by atoms with van der Waals surface area (Å²) in [6, 6.07) is 6.46. The highest BCUT2D eigenvalue weighted by Crippen LogP contribution is 2.31. The van der Waals surface area contributed by atoms with Crippen molar-refractivity contribution in [2.24, 2.45) is 0 Å². The molecule has 1 aromatic rings. The predicted molar refractivity (Wildman–Crippen MR) is 66.7 cm³/mol. The summed E-state index contributed by atoms with van der Waals surface area (Å²) >= 11 is 7.10. The normalized spacial score (nSPS) is 22.3. The van der Waals surface area contributed by atoms with Crippen LogP contribution in [-0.4, -0.2) is 13.1 Å². The van der Waals surface area contributed by atoms with Gasteiger partial charge in [0, 0.05) is 15.5 Å². The molecule has 0 aliphatic carbocycles. The quantitative estimate of drug-likeness (QED) is 0.833. The van der Waals surface area contributed by atoms with Gasteiger partial charge in [-0.3, -0.25) is 0 Å². The molecule has 0 spiro atoms. The molecule has 3 heteroatoms. The standard InChI is InChI=1S/C11H13Br2N/c12-9-3-4-10(11(13)6-9)8-2-1-5-14-7-8/h3-4,6,8,14H,1-2,5,7H2/t8-/m0/s1. The fraction of sp³-hybridized carbons (Fsp3) is 0.455. The third-order valence-electron chi connectivity index (χ3n) is 2.70. The lowest BCUT2D eigenvalue weighted by molar-refractivity contribution is 0.460. The van der Waals surface area contributed by atoms with E-state index in [9.17, 15) is 0 Å². The zero-order valence-corrected chi connectivity index (χ0v) is 11.1. The number of piperidine rings is 1. The number of rotatable bonds is 1. The molecular formula is C11H13Br2N. The number of hydrogen-bond donors (Lipinski definition) is 1. The molecule has 0 aromatic heterocycles. The molecule has 0 radical (unpaired) electrons. The van der Waals surface area contributed by atoms with Gasteiger partial charge in [0.1, 0.15) is 0 Å². The zero-order valence-electron chi connectivity index (χ0n) is 7.89. The largest absolute Gasteiger partial charge is 0.316 e. The summed E-state index contributed by atoms with van der Waals surface area (Å²) in [6.07, 6.45) is 2.58. The molecule has 1 saturated heterocycles. The average Bonchev–Trinajstić information content (AvgIpc) is 2.19. The second-order valence-electron chi connectivity index (χ2n) is 3.71. The Morgan fingerprint density at radius 1 is 1.29 bits per heavy atom. The first-order chi connectivity index (χ1) is 6.77. The third kappa shape index (κ3) is 2.38. The minimum Gasteiger partial charge on any atom is -0.316 e. The topological polar surface area (TPSA) is 12.0 Å². The van der Waals surface area contributed by atoms with Crippen LogP contribution in [0.3, 0.4) is 0 Å². The first-order valence-corrected chi connectivity index (χ1v) is 6.51. The van der Waals surface area contributed by atoms with E-state index in [1.54, 1.807) is 0 Å². The Bertz CT molecular complexity index is 319. The van der Waals surface area contributed by atoms with Crippen molar-refractivity contribution in [1.82, 2.24) is 5.32 Å². The van der Waals surface area contributed by atoms with Crippen LogP contribution in [0.15, 0.2) is 27.1 Å². The maximum atomic E-state index is 3.62. The molecule has 1 fully saturated rings. The summed E-state index contributed by atoms with van der Waals surface area (Å²) < 4.78 is 2.36. The molecule has 1 atom stereocenters. The van der Waals surface area contributed by atoms with E-state index in [-0.39, 0.29) is 0 Å². The van der Waals surface area contributed by atoms with E-state index < -0.39 is 0 Å². The van der Waals surface area contributed by atoms with E-state index in [2.05, 4.69) is 55.4 Å². The highest BCUT2D eigenvalue weighted by molar-refractivity contribution is 9.11. The summed E-state index contributed by atoms with van der Waals surface area (Å²) in [5.74, 6) is 0.672. The van der Waals surface area contributed by atoms with Crippen molar-refractivity contribution in [3.63, 3.8) is 0 Å². The molecule has 76 valence electrons. The van der Waals surface area contributed by atoms with Gasteiger partial charge in [-0.2, -0.15) is 0 Å². The van der Waals surface area contributed by atoms with Crippen LogP contribution in [0.2, 0.25) is 0 Å². The molecule has 1 aliphatic heterocycles. The Balaban J connectivity index is 2.22. The summed E-state index contributed by atoms with van der Waals surface area (Å²) in [4.78, 5) is 0. The van der Waals surface area contributed by atoms with E-state index in [0.717, 1.165) is 11.0 Å². The molecule has 2 rings (SSSR count). The lowest BCUT2D eigenvalue weighted by Crippen LogP contribution is -2.28. The van der Waals surface area contributed by atoms with Crippen LogP contribution < -0.4 is 5.32 Å². The van der Waals surface area contributed by atoms with Crippen LogP contribution in [0.1, 0.15) is 24.3 Å². The van der Waals surface area contributed by atoms with Gasteiger partial charge >= 0.3 is 0 Å². The van der Waals surface area contributed by atoms with Gasteiger partial charge in [0.05, 0.1) is 0 Å². The van der Waals surface area contributed by atoms with E-state index in [4.69, 9.17) is 0 Å². The molecule has 14 heavy (non-hydrogen) atoms. The summed E-state index contributed by atoms with van der Waals surface area (Å²) in [6.45, 7) is 2.28. The third-order valence-corrected chi connectivity index (χ3v) is 3.88. The molecule has 1 N–H and O–H groups in total. The second-order valence-corrected chi connectivity index (χ2v) is 5.48. The van der Waals surface area contributed by atoms with E-state index in [1.807, 2.05) is 0 Å². The molecule has 0 amide bonds. The van der Waals surface area contributed by atoms with Crippen LogP contribution >= 0.6 is 31.9 Å². The van der Waals surface area contributed by atoms with Crippen molar-refractivity contribution in [1.29, 1.82) is 0 Å². The van der Waals surface area contributed by atoms with Gasteiger partial charge in [0.2, 0.25) is 0 Å². The Morgan fingerprint density at radius 2 is 2.14 bits per heavy atom. The van der Waals surface area contributed by atoms with Gasteiger partial charge in [0.25, 0.3) is 0 Å². The second kappa shape index (κ2) is 4.77. The van der Waals surface area contributed by atoms with Crippen LogP contribution in [0.5, 0.6) is 0 Å². The van der Waals surface area contributed by atoms with E-state index >= 15 is 0 Å². The fourth-order valence-electron chi connectivity index (χ4n) is 1.95. The van der Waals surface area contributed by atoms with Gasteiger partial charge in [-0.15, -0.1) is 0 Å². The minimum absolute atomic E-state index is 0.672. The van der Waals surface area contributed by atoms with Crippen molar-refractivity contribution < 1.29 is 0 Å². The van der Waals surface area contributed by atoms with Crippen molar-refractivity contribution in [2.75, 3.05) is 13.1 Å². The fourth-order valence-corrected chi connectivity index (χ4v) is 3.32. The van der Waals surface area contributed by atoms with Crippen molar-refractivity contribution in [3.05, 3.63) is 32.7 Å². The Morgan fingerprint density at radius 3 is 2.79 bits per heavy atom. The lowest BCUT2D eigenvalue weighted by atomic mass is 9.92. The monoisotopic (exact) mass is 317 g/mol.